The fourth-order valence-electron chi connectivity index (χ4n) is 0.449. The summed E-state index contributed by atoms with van der Waals surface area (Å²) in [5.41, 5.74) is 0.280. The van der Waals surface area contributed by atoms with Crippen molar-refractivity contribution in [2.75, 3.05) is 12.0 Å². The third kappa shape index (κ3) is 4.49. The Balaban J connectivity index is 4.07. The van der Waals surface area contributed by atoms with E-state index >= 15 is 0 Å². The van der Waals surface area contributed by atoms with E-state index < -0.39 is 9.84 Å². The van der Waals surface area contributed by atoms with Crippen molar-refractivity contribution >= 4 is 15.5 Å². The summed E-state index contributed by atoms with van der Waals surface area (Å²) in [6.45, 7) is 3.63. The van der Waals surface area contributed by atoms with Crippen LogP contribution in [0.15, 0.2) is 0 Å². The van der Waals surface area contributed by atoms with E-state index in [-0.39, 0.29) is 17.4 Å². The van der Waals surface area contributed by atoms with Crippen molar-refractivity contribution in [3.05, 3.63) is 0 Å². The summed E-state index contributed by atoms with van der Waals surface area (Å²) < 4.78 is 21.2. The standard InChI is InChI=1S/C6H13NO2S/c1-5(2)6(7)4-10(3,8)9/h5,7H,4H2,1-3H3. The zero-order valence-electron chi connectivity index (χ0n) is 6.51. The van der Waals surface area contributed by atoms with Gasteiger partial charge in [0.15, 0.2) is 9.84 Å². The van der Waals surface area contributed by atoms with Crippen LogP contribution in [0, 0.1) is 11.3 Å². The van der Waals surface area contributed by atoms with Crippen LogP contribution in [0.3, 0.4) is 0 Å². The second kappa shape index (κ2) is 3.14. The molecule has 3 nitrogen and oxygen atoms in total. The Kier molecular flexibility index (Phi) is 3.02. The predicted octanol–water partition coefficient (Wildman–Crippen LogP) is 0.707. The Bertz CT molecular complexity index is 216. The molecule has 1 N–H and O–H groups in total. The zero-order valence-corrected chi connectivity index (χ0v) is 7.33. The van der Waals surface area contributed by atoms with Crippen LogP contribution in [0.5, 0.6) is 0 Å². The summed E-state index contributed by atoms with van der Waals surface area (Å²) in [6, 6.07) is 0. The van der Waals surface area contributed by atoms with Crippen molar-refractivity contribution < 1.29 is 8.42 Å². The molecule has 4 heteroatoms. The Labute approximate surface area is 61.9 Å². The molecule has 0 unspecified atom stereocenters. The lowest BCUT2D eigenvalue weighted by molar-refractivity contribution is 0.604. The smallest absolute Gasteiger partial charge is 0.152 e. The summed E-state index contributed by atoms with van der Waals surface area (Å²) >= 11 is 0. The lowest BCUT2D eigenvalue weighted by Crippen LogP contribution is -2.18. The van der Waals surface area contributed by atoms with Crippen LogP contribution in [0.25, 0.3) is 0 Å². The molecule has 0 saturated heterocycles. The molecule has 0 aromatic rings. The molecular weight excluding hydrogens is 150 g/mol. The number of hydrogen-bond acceptors (Lipinski definition) is 3. The quantitative estimate of drug-likeness (QED) is 0.623. The van der Waals surface area contributed by atoms with Crippen molar-refractivity contribution in [3.63, 3.8) is 0 Å². The number of hydrogen-bond donors (Lipinski definition) is 1. The van der Waals surface area contributed by atoms with Gasteiger partial charge in [-0.1, -0.05) is 13.8 Å². The Hall–Kier alpha value is -0.380. The van der Waals surface area contributed by atoms with Gasteiger partial charge in [-0.3, -0.25) is 0 Å². The van der Waals surface area contributed by atoms with E-state index in [2.05, 4.69) is 0 Å². The van der Waals surface area contributed by atoms with Crippen LogP contribution in [0.1, 0.15) is 13.8 Å². The SMILES string of the molecule is CC(C)C(=N)CS(C)(=O)=O. The molecule has 0 fully saturated rings. The van der Waals surface area contributed by atoms with Gasteiger partial charge in [-0.25, -0.2) is 8.42 Å². The van der Waals surface area contributed by atoms with Crippen LogP contribution in [-0.4, -0.2) is 26.1 Å². The van der Waals surface area contributed by atoms with E-state index in [9.17, 15) is 8.42 Å². The van der Waals surface area contributed by atoms with Gasteiger partial charge in [0.2, 0.25) is 0 Å². The summed E-state index contributed by atoms with van der Waals surface area (Å²) in [6.07, 6.45) is 1.14. The van der Waals surface area contributed by atoms with E-state index in [0.717, 1.165) is 6.26 Å². The molecule has 0 heterocycles. The van der Waals surface area contributed by atoms with Gasteiger partial charge in [-0.2, -0.15) is 0 Å². The van der Waals surface area contributed by atoms with E-state index in [1.165, 1.54) is 0 Å². The first-order valence-electron chi connectivity index (χ1n) is 3.08. The summed E-state index contributed by atoms with van der Waals surface area (Å²) in [5, 5.41) is 7.22. The molecule has 0 aliphatic heterocycles. The summed E-state index contributed by atoms with van der Waals surface area (Å²) in [5.74, 6) is -0.0697. The molecule has 10 heavy (non-hydrogen) atoms. The van der Waals surface area contributed by atoms with Crippen molar-refractivity contribution in [2.24, 2.45) is 5.92 Å². The molecule has 60 valence electrons. The highest BCUT2D eigenvalue weighted by Crippen LogP contribution is 1.97. The number of sulfone groups is 1. The first-order valence-corrected chi connectivity index (χ1v) is 5.14. The average Bonchev–Trinajstić information content (AvgIpc) is 1.60. The van der Waals surface area contributed by atoms with Crippen LogP contribution >= 0.6 is 0 Å². The molecule has 0 bridgehead atoms. The van der Waals surface area contributed by atoms with E-state index in [4.69, 9.17) is 5.41 Å². The highest BCUT2D eigenvalue weighted by molar-refractivity contribution is 7.91. The Morgan fingerprint density at radius 2 is 1.90 bits per heavy atom. The topological polar surface area (TPSA) is 58.0 Å². The second-order valence-electron chi connectivity index (χ2n) is 2.75. The van der Waals surface area contributed by atoms with Crippen molar-refractivity contribution in [1.82, 2.24) is 0 Å². The van der Waals surface area contributed by atoms with Gasteiger partial charge in [0, 0.05) is 12.0 Å². The molecule has 0 aromatic heterocycles. The van der Waals surface area contributed by atoms with Crippen LogP contribution < -0.4 is 0 Å². The molecule has 0 atom stereocenters. The molecule has 0 saturated carbocycles. The molecule has 0 amide bonds. The summed E-state index contributed by atoms with van der Waals surface area (Å²) in [7, 11) is -2.99. The molecule has 0 spiro atoms. The zero-order chi connectivity index (χ0) is 8.36. The fraction of sp³-hybridized carbons (Fsp3) is 0.833. The second-order valence-corrected chi connectivity index (χ2v) is 4.89. The maximum atomic E-state index is 10.6. The normalized spacial score (nSPS) is 12.0. The molecule has 0 radical (unpaired) electrons. The van der Waals surface area contributed by atoms with Crippen LogP contribution in [-0.2, 0) is 9.84 Å². The molecular formula is C6H13NO2S. The van der Waals surface area contributed by atoms with Gasteiger partial charge >= 0.3 is 0 Å². The lowest BCUT2D eigenvalue weighted by atomic mass is 10.1. The first kappa shape index (κ1) is 9.62. The number of rotatable bonds is 3. The minimum Gasteiger partial charge on any atom is -0.308 e. The maximum absolute atomic E-state index is 10.6. The van der Waals surface area contributed by atoms with Crippen molar-refractivity contribution in [2.45, 2.75) is 13.8 Å². The van der Waals surface area contributed by atoms with E-state index in [1.54, 1.807) is 0 Å². The maximum Gasteiger partial charge on any atom is 0.152 e. The molecule has 0 aliphatic carbocycles. The van der Waals surface area contributed by atoms with E-state index in [0.29, 0.717) is 0 Å². The van der Waals surface area contributed by atoms with Crippen molar-refractivity contribution in [3.8, 4) is 0 Å². The fourth-order valence-corrected chi connectivity index (χ4v) is 1.35. The van der Waals surface area contributed by atoms with Crippen molar-refractivity contribution in [1.29, 1.82) is 5.41 Å². The minimum atomic E-state index is -2.99. The van der Waals surface area contributed by atoms with Gasteiger partial charge in [-0.05, 0) is 5.92 Å². The average molecular weight is 163 g/mol. The van der Waals surface area contributed by atoms with Gasteiger partial charge in [0.05, 0.1) is 5.75 Å². The lowest BCUT2D eigenvalue weighted by Gasteiger charge is -2.04. The van der Waals surface area contributed by atoms with Gasteiger partial charge in [0.1, 0.15) is 0 Å². The Morgan fingerprint density at radius 3 is 2.00 bits per heavy atom. The van der Waals surface area contributed by atoms with Gasteiger partial charge < -0.3 is 5.41 Å². The monoisotopic (exact) mass is 163 g/mol. The van der Waals surface area contributed by atoms with Crippen LogP contribution in [0.4, 0.5) is 0 Å². The predicted molar refractivity (Wildman–Crippen MR) is 42.3 cm³/mol. The molecule has 0 aliphatic rings. The Morgan fingerprint density at radius 1 is 1.50 bits per heavy atom. The van der Waals surface area contributed by atoms with Crippen LogP contribution in [0.2, 0.25) is 0 Å². The molecule has 0 rings (SSSR count). The highest BCUT2D eigenvalue weighted by Gasteiger charge is 2.09. The summed E-state index contributed by atoms with van der Waals surface area (Å²) in [4.78, 5) is 0. The largest absolute Gasteiger partial charge is 0.308 e. The number of nitrogens with one attached hydrogen (secondary N) is 1. The highest BCUT2D eigenvalue weighted by atomic mass is 32.2. The van der Waals surface area contributed by atoms with Gasteiger partial charge in [0.25, 0.3) is 0 Å². The minimum absolute atomic E-state index is 0.0368. The molecule has 0 aromatic carbocycles. The van der Waals surface area contributed by atoms with Gasteiger partial charge in [-0.15, -0.1) is 0 Å². The third-order valence-corrected chi connectivity index (χ3v) is 1.95. The first-order chi connectivity index (χ1) is 4.33. The third-order valence-electron chi connectivity index (χ3n) is 1.11. The van der Waals surface area contributed by atoms with E-state index in [1.807, 2.05) is 13.8 Å².